The summed E-state index contributed by atoms with van der Waals surface area (Å²) in [4.78, 5) is 0. The van der Waals surface area contributed by atoms with E-state index in [4.69, 9.17) is 0 Å². The molecule has 8 heteroatoms. The average molecular weight is 251 g/mol. The predicted molar refractivity (Wildman–Crippen MR) is 48.1 cm³/mol. The highest BCUT2D eigenvalue weighted by Gasteiger charge is 2.40. The van der Waals surface area contributed by atoms with Gasteiger partial charge < -0.3 is 5.32 Å². The number of rotatable bonds is 6. The van der Waals surface area contributed by atoms with Gasteiger partial charge in [-0.1, -0.05) is 0 Å². The van der Waals surface area contributed by atoms with E-state index in [1.165, 1.54) is 6.92 Å². The fraction of sp³-hybridized carbons (Fsp3) is 1.00. The first-order valence-corrected chi connectivity index (χ1v) is 6.18. The Morgan fingerprint density at radius 2 is 1.80 bits per heavy atom. The van der Waals surface area contributed by atoms with Gasteiger partial charge in [-0.2, -0.15) is 8.78 Å². The van der Waals surface area contributed by atoms with Gasteiger partial charge in [0.2, 0.25) is 0 Å². The molecule has 1 atom stereocenters. The molecule has 0 aliphatic carbocycles. The molecule has 0 fully saturated rings. The number of hydrogen-bond donors (Lipinski definition) is 1. The normalized spacial score (nSPS) is 15.7. The Bertz CT molecular complexity index is 291. The van der Waals surface area contributed by atoms with Gasteiger partial charge in [0.1, 0.15) is 9.84 Å². The van der Waals surface area contributed by atoms with Gasteiger partial charge in [-0.05, 0) is 6.92 Å². The van der Waals surface area contributed by atoms with E-state index < -0.39 is 34.8 Å². The molecule has 1 N–H and O–H groups in total. The first-order valence-electron chi connectivity index (χ1n) is 4.11. The van der Waals surface area contributed by atoms with E-state index in [1.807, 2.05) is 0 Å². The average Bonchev–Trinajstić information content (AvgIpc) is 1.97. The highest BCUT2D eigenvalue weighted by molar-refractivity contribution is 7.90. The summed E-state index contributed by atoms with van der Waals surface area (Å²) in [5.74, 6) is -4.50. The maximum absolute atomic E-state index is 12.4. The molecule has 0 aliphatic rings. The van der Waals surface area contributed by atoms with Crippen LogP contribution in [0.3, 0.4) is 0 Å². The van der Waals surface area contributed by atoms with Crippen molar-refractivity contribution in [1.82, 2.24) is 5.32 Å². The molecule has 3 nitrogen and oxygen atoms in total. The van der Waals surface area contributed by atoms with Crippen molar-refractivity contribution in [2.24, 2.45) is 0 Å². The minimum Gasteiger partial charge on any atom is -0.307 e. The van der Waals surface area contributed by atoms with Crippen molar-refractivity contribution in [3.05, 3.63) is 0 Å². The van der Waals surface area contributed by atoms with E-state index in [2.05, 4.69) is 5.32 Å². The minimum absolute atomic E-state index is 0.369. The molecular formula is C7H13F4NO2S. The molecule has 0 heterocycles. The van der Waals surface area contributed by atoms with Crippen LogP contribution in [0.1, 0.15) is 6.92 Å². The number of nitrogens with one attached hydrogen (secondary N) is 1. The van der Waals surface area contributed by atoms with Gasteiger partial charge in [-0.25, -0.2) is 17.2 Å². The number of hydrogen-bond acceptors (Lipinski definition) is 3. The van der Waals surface area contributed by atoms with Gasteiger partial charge in [0.05, 0.1) is 12.3 Å². The van der Waals surface area contributed by atoms with Crippen LogP contribution in [0.4, 0.5) is 17.6 Å². The third kappa shape index (κ3) is 6.67. The van der Waals surface area contributed by atoms with Crippen LogP contribution in [0.15, 0.2) is 0 Å². The molecule has 0 saturated heterocycles. The van der Waals surface area contributed by atoms with Crippen LogP contribution in [0.25, 0.3) is 0 Å². The maximum atomic E-state index is 12.4. The monoisotopic (exact) mass is 251 g/mol. The molecule has 0 saturated carbocycles. The summed E-state index contributed by atoms with van der Waals surface area (Å²) >= 11 is 0. The predicted octanol–water partition coefficient (Wildman–Crippen LogP) is 0.910. The summed E-state index contributed by atoms with van der Waals surface area (Å²) < 4.78 is 69.6. The Morgan fingerprint density at radius 1 is 1.33 bits per heavy atom. The van der Waals surface area contributed by atoms with Crippen LogP contribution in [-0.4, -0.2) is 45.4 Å². The molecule has 0 aromatic rings. The van der Waals surface area contributed by atoms with Crippen LogP contribution in [0.5, 0.6) is 0 Å². The van der Waals surface area contributed by atoms with E-state index >= 15 is 0 Å². The zero-order chi connectivity index (χ0) is 12.3. The largest absolute Gasteiger partial charge is 0.319 e. The van der Waals surface area contributed by atoms with Crippen molar-refractivity contribution in [2.75, 3.05) is 18.6 Å². The Balaban J connectivity index is 4.07. The molecular weight excluding hydrogens is 238 g/mol. The molecule has 0 amide bonds. The SMILES string of the molecule is C[C@@H](CS(C)(=O)=O)NCC(F)(F)C(F)F. The maximum Gasteiger partial charge on any atom is 0.319 e. The zero-order valence-corrected chi connectivity index (χ0v) is 9.12. The third-order valence-electron chi connectivity index (χ3n) is 1.56. The first-order chi connectivity index (χ1) is 6.54. The topological polar surface area (TPSA) is 46.2 Å². The summed E-state index contributed by atoms with van der Waals surface area (Å²) in [6.07, 6.45) is -2.81. The second-order valence-corrected chi connectivity index (χ2v) is 5.62. The van der Waals surface area contributed by atoms with Crippen molar-refractivity contribution in [2.45, 2.75) is 25.3 Å². The summed E-state index contributed by atoms with van der Waals surface area (Å²) in [5.41, 5.74) is 0. The van der Waals surface area contributed by atoms with Crippen molar-refractivity contribution < 1.29 is 26.0 Å². The van der Waals surface area contributed by atoms with Gasteiger partial charge >= 0.3 is 12.3 Å². The molecule has 0 radical (unpaired) electrons. The molecule has 92 valence electrons. The van der Waals surface area contributed by atoms with E-state index in [0.717, 1.165) is 6.26 Å². The molecule has 0 aromatic carbocycles. The lowest BCUT2D eigenvalue weighted by Crippen LogP contribution is -2.44. The Kier molecular flexibility index (Phi) is 4.98. The highest BCUT2D eigenvalue weighted by Crippen LogP contribution is 2.21. The van der Waals surface area contributed by atoms with E-state index in [-0.39, 0.29) is 5.75 Å². The lowest BCUT2D eigenvalue weighted by atomic mass is 10.3. The van der Waals surface area contributed by atoms with Gasteiger partial charge in [0, 0.05) is 12.3 Å². The smallest absolute Gasteiger partial charge is 0.307 e. The fourth-order valence-electron chi connectivity index (χ4n) is 0.901. The fourth-order valence-corrected chi connectivity index (χ4v) is 1.93. The van der Waals surface area contributed by atoms with E-state index in [1.54, 1.807) is 0 Å². The van der Waals surface area contributed by atoms with Crippen molar-refractivity contribution >= 4 is 9.84 Å². The molecule has 0 spiro atoms. The first kappa shape index (κ1) is 14.6. The summed E-state index contributed by atoms with van der Waals surface area (Å²) in [5, 5.41) is 2.05. The minimum atomic E-state index is -4.13. The molecule has 0 bridgehead atoms. The lowest BCUT2D eigenvalue weighted by Gasteiger charge is -2.19. The van der Waals surface area contributed by atoms with Crippen LogP contribution in [0.2, 0.25) is 0 Å². The Morgan fingerprint density at radius 3 is 2.13 bits per heavy atom. The molecule has 0 aliphatic heterocycles. The summed E-state index contributed by atoms with van der Waals surface area (Å²) in [6, 6.07) is -0.787. The van der Waals surface area contributed by atoms with Crippen molar-refractivity contribution in [3.63, 3.8) is 0 Å². The molecule has 0 unspecified atom stereocenters. The van der Waals surface area contributed by atoms with Crippen molar-refractivity contribution in [3.8, 4) is 0 Å². The van der Waals surface area contributed by atoms with Gasteiger partial charge in [-0.3, -0.25) is 0 Å². The third-order valence-corrected chi connectivity index (χ3v) is 2.66. The van der Waals surface area contributed by atoms with Crippen molar-refractivity contribution in [1.29, 1.82) is 0 Å². The number of alkyl halides is 4. The quantitative estimate of drug-likeness (QED) is 0.714. The van der Waals surface area contributed by atoms with Gasteiger partial charge in [0.25, 0.3) is 0 Å². The van der Waals surface area contributed by atoms with Crippen LogP contribution < -0.4 is 5.32 Å². The van der Waals surface area contributed by atoms with Crippen LogP contribution in [-0.2, 0) is 9.84 Å². The second-order valence-electron chi connectivity index (χ2n) is 3.44. The highest BCUT2D eigenvalue weighted by atomic mass is 32.2. The van der Waals surface area contributed by atoms with Gasteiger partial charge in [0.15, 0.2) is 0 Å². The Labute approximate surface area is 85.8 Å². The lowest BCUT2D eigenvalue weighted by molar-refractivity contribution is -0.125. The molecule has 0 aromatic heterocycles. The van der Waals surface area contributed by atoms with Crippen LogP contribution >= 0.6 is 0 Å². The van der Waals surface area contributed by atoms with E-state index in [9.17, 15) is 26.0 Å². The standard InChI is InChI=1S/C7H13F4NO2S/c1-5(3-15(2,13)14)12-4-7(10,11)6(8)9/h5-6,12H,3-4H2,1-2H3/t5-/m0/s1. The summed E-state index contributed by atoms with van der Waals surface area (Å²) in [7, 11) is -3.31. The number of halogens is 4. The van der Waals surface area contributed by atoms with Crippen LogP contribution in [0, 0.1) is 0 Å². The molecule has 15 heavy (non-hydrogen) atoms. The molecule has 0 rings (SSSR count). The number of sulfone groups is 1. The summed E-state index contributed by atoms with van der Waals surface area (Å²) in [6.45, 7) is 0.101. The zero-order valence-electron chi connectivity index (χ0n) is 8.31. The van der Waals surface area contributed by atoms with Gasteiger partial charge in [-0.15, -0.1) is 0 Å². The Hall–Kier alpha value is -0.370. The van der Waals surface area contributed by atoms with E-state index in [0.29, 0.717) is 0 Å². The second kappa shape index (κ2) is 5.11.